The van der Waals surface area contributed by atoms with Crippen LogP contribution in [0.2, 0.25) is 0 Å². The molecule has 3 rings (SSSR count). The molecule has 1 aliphatic carbocycles. The maximum atomic E-state index is 12.5. The second-order valence-electron chi connectivity index (χ2n) is 5.89. The Labute approximate surface area is 129 Å². The van der Waals surface area contributed by atoms with Crippen LogP contribution in [0, 0.1) is 6.92 Å². The number of nitrogens with zero attached hydrogens (tertiary/aromatic N) is 3. The van der Waals surface area contributed by atoms with Crippen molar-refractivity contribution in [1.29, 1.82) is 0 Å². The summed E-state index contributed by atoms with van der Waals surface area (Å²) in [5.41, 5.74) is 0.261. The number of aromatic nitrogens is 3. The van der Waals surface area contributed by atoms with Crippen molar-refractivity contribution >= 4 is 10.0 Å². The SMILES string of the molecule is Cc1ccc(S(=O)(=O)n2cc(C3(O)CCCCC3)nn2)cc1. The molecule has 0 radical (unpaired) electrons. The highest BCUT2D eigenvalue weighted by Crippen LogP contribution is 2.35. The predicted octanol–water partition coefficient (Wildman–Crippen LogP) is 1.98. The van der Waals surface area contributed by atoms with Gasteiger partial charge >= 0.3 is 0 Å². The van der Waals surface area contributed by atoms with E-state index in [-0.39, 0.29) is 4.90 Å². The van der Waals surface area contributed by atoms with Gasteiger partial charge in [-0.15, -0.1) is 9.19 Å². The lowest BCUT2D eigenvalue weighted by Crippen LogP contribution is -2.28. The lowest BCUT2D eigenvalue weighted by Gasteiger charge is -2.29. The standard InChI is InChI=1S/C15H19N3O3S/c1-12-5-7-13(8-6-12)22(20,21)18-11-14(16-17-18)15(19)9-3-2-4-10-15/h5-8,11,19H,2-4,9-10H2,1H3. The largest absolute Gasteiger partial charge is 0.383 e. The smallest absolute Gasteiger partial charge is 0.284 e. The number of benzene rings is 1. The fourth-order valence-corrected chi connectivity index (χ4v) is 3.86. The molecule has 0 spiro atoms. The van der Waals surface area contributed by atoms with Crippen LogP contribution >= 0.6 is 0 Å². The van der Waals surface area contributed by atoms with Crippen molar-refractivity contribution in [2.24, 2.45) is 0 Å². The zero-order valence-electron chi connectivity index (χ0n) is 12.4. The van der Waals surface area contributed by atoms with E-state index in [0.29, 0.717) is 18.5 Å². The van der Waals surface area contributed by atoms with Crippen LogP contribution in [-0.2, 0) is 15.6 Å². The Balaban J connectivity index is 1.94. The Morgan fingerprint density at radius 2 is 1.77 bits per heavy atom. The van der Waals surface area contributed by atoms with Crippen LogP contribution in [0.15, 0.2) is 35.4 Å². The van der Waals surface area contributed by atoms with Crippen molar-refractivity contribution in [2.45, 2.75) is 49.5 Å². The molecule has 0 unspecified atom stereocenters. The minimum absolute atomic E-state index is 0.158. The van der Waals surface area contributed by atoms with Gasteiger partial charge in [0.25, 0.3) is 10.0 Å². The van der Waals surface area contributed by atoms with Crippen LogP contribution in [-0.4, -0.2) is 27.9 Å². The van der Waals surface area contributed by atoms with Gasteiger partial charge in [-0.3, -0.25) is 0 Å². The lowest BCUT2D eigenvalue weighted by molar-refractivity contribution is -0.00471. The van der Waals surface area contributed by atoms with E-state index < -0.39 is 15.6 Å². The van der Waals surface area contributed by atoms with Crippen LogP contribution in [0.4, 0.5) is 0 Å². The molecule has 0 saturated heterocycles. The molecule has 7 heteroatoms. The van der Waals surface area contributed by atoms with E-state index in [9.17, 15) is 13.5 Å². The second-order valence-corrected chi connectivity index (χ2v) is 7.68. The number of aliphatic hydroxyl groups is 1. The molecule has 1 heterocycles. The van der Waals surface area contributed by atoms with Crippen LogP contribution in [0.3, 0.4) is 0 Å². The van der Waals surface area contributed by atoms with Crippen LogP contribution < -0.4 is 0 Å². The highest BCUT2D eigenvalue weighted by atomic mass is 32.2. The second kappa shape index (κ2) is 5.48. The first kappa shape index (κ1) is 15.2. The van der Waals surface area contributed by atoms with Crippen molar-refractivity contribution in [3.63, 3.8) is 0 Å². The Morgan fingerprint density at radius 3 is 2.41 bits per heavy atom. The van der Waals surface area contributed by atoms with E-state index in [1.54, 1.807) is 24.3 Å². The van der Waals surface area contributed by atoms with Gasteiger partial charge in [-0.25, -0.2) is 0 Å². The Bertz CT molecular complexity index is 760. The average molecular weight is 321 g/mol. The molecule has 1 saturated carbocycles. The molecule has 2 aromatic rings. The molecule has 1 N–H and O–H groups in total. The molecular formula is C15H19N3O3S. The summed E-state index contributed by atoms with van der Waals surface area (Å²) in [5, 5.41) is 18.2. The number of hydrogen-bond acceptors (Lipinski definition) is 5. The summed E-state index contributed by atoms with van der Waals surface area (Å²) < 4.78 is 25.9. The van der Waals surface area contributed by atoms with Gasteiger partial charge < -0.3 is 5.11 Å². The van der Waals surface area contributed by atoms with E-state index in [1.807, 2.05) is 6.92 Å². The molecule has 6 nitrogen and oxygen atoms in total. The van der Waals surface area contributed by atoms with Crippen LogP contribution in [0.25, 0.3) is 0 Å². The maximum Gasteiger partial charge on any atom is 0.284 e. The number of hydrogen-bond donors (Lipinski definition) is 1. The third-order valence-corrected chi connectivity index (χ3v) is 5.73. The van der Waals surface area contributed by atoms with Crippen LogP contribution in [0.1, 0.15) is 43.4 Å². The summed E-state index contributed by atoms with van der Waals surface area (Å²) in [6.45, 7) is 1.89. The zero-order valence-corrected chi connectivity index (χ0v) is 13.3. The van der Waals surface area contributed by atoms with Crippen LogP contribution in [0.5, 0.6) is 0 Å². The summed E-state index contributed by atoms with van der Waals surface area (Å²) in [4.78, 5) is 0.158. The number of aryl methyl sites for hydroxylation is 1. The first-order chi connectivity index (χ1) is 10.4. The van der Waals surface area contributed by atoms with E-state index >= 15 is 0 Å². The van der Waals surface area contributed by atoms with E-state index in [1.165, 1.54) is 6.20 Å². The van der Waals surface area contributed by atoms with Crippen molar-refractivity contribution in [3.05, 3.63) is 41.7 Å². The monoisotopic (exact) mass is 321 g/mol. The Morgan fingerprint density at radius 1 is 1.14 bits per heavy atom. The van der Waals surface area contributed by atoms with Gasteiger partial charge in [0.15, 0.2) is 0 Å². The van der Waals surface area contributed by atoms with E-state index in [2.05, 4.69) is 10.3 Å². The van der Waals surface area contributed by atoms with Gasteiger partial charge in [-0.05, 0) is 31.9 Å². The molecule has 1 aromatic carbocycles. The predicted molar refractivity (Wildman–Crippen MR) is 80.8 cm³/mol. The molecule has 0 atom stereocenters. The minimum Gasteiger partial charge on any atom is -0.383 e. The fourth-order valence-electron chi connectivity index (χ4n) is 2.79. The van der Waals surface area contributed by atoms with E-state index in [0.717, 1.165) is 28.9 Å². The average Bonchev–Trinajstić information content (AvgIpc) is 3.00. The molecule has 1 aliphatic rings. The minimum atomic E-state index is -3.77. The first-order valence-corrected chi connectivity index (χ1v) is 8.83. The van der Waals surface area contributed by atoms with Gasteiger partial charge in [-0.2, -0.15) is 8.42 Å². The molecule has 118 valence electrons. The molecule has 0 aliphatic heterocycles. The Kier molecular flexibility index (Phi) is 3.78. The zero-order chi connectivity index (χ0) is 15.8. The lowest BCUT2D eigenvalue weighted by atomic mass is 9.83. The topological polar surface area (TPSA) is 85.1 Å². The fraction of sp³-hybridized carbons (Fsp3) is 0.467. The van der Waals surface area contributed by atoms with Gasteiger partial charge in [0.2, 0.25) is 0 Å². The van der Waals surface area contributed by atoms with Gasteiger partial charge in [-0.1, -0.05) is 42.2 Å². The molecular weight excluding hydrogens is 302 g/mol. The van der Waals surface area contributed by atoms with Gasteiger partial charge in [0.05, 0.1) is 11.1 Å². The maximum absolute atomic E-state index is 12.5. The third-order valence-electron chi connectivity index (χ3n) is 4.20. The normalized spacial score (nSPS) is 18.3. The molecule has 22 heavy (non-hydrogen) atoms. The summed E-state index contributed by atoms with van der Waals surface area (Å²) in [7, 11) is -3.77. The first-order valence-electron chi connectivity index (χ1n) is 7.39. The van der Waals surface area contributed by atoms with Crippen molar-refractivity contribution in [1.82, 2.24) is 14.4 Å². The molecule has 0 amide bonds. The van der Waals surface area contributed by atoms with Gasteiger partial charge in [0, 0.05) is 0 Å². The summed E-state index contributed by atoms with van der Waals surface area (Å²) >= 11 is 0. The Hall–Kier alpha value is -1.73. The highest BCUT2D eigenvalue weighted by Gasteiger charge is 2.35. The van der Waals surface area contributed by atoms with Crippen molar-refractivity contribution in [2.75, 3.05) is 0 Å². The molecule has 1 fully saturated rings. The molecule has 1 aromatic heterocycles. The van der Waals surface area contributed by atoms with Crippen molar-refractivity contribution < 1.29 is 13.5 Å². The van der Waals surface area contributed by atoms with E-state index in [4.69, 9.17) is 0 Å². The summed E-state index contributed by atoms with van der Waals surface area (Å²) in [6, 6.07) is 6.56. The summed E-state index contributed by atoms with van der Waals surface area (Å²) in [6.07, 6.45) is 5.42. The number of rotatable bonds is 3. The quantitative estimate of drug-likeness (QED) is 0.934. The molecule has 0 bridgehead atoms. The van der Waals surface area contributed by atoms with Crippen molar-refractivity contribution in [3.8, 4) is 0 Å². The summed E-state index contributed by atoms with van der Waals surface area (Å²) in [5.74, 6) is 0. The third kappa shape index (κ3) is 2.66. The highest BCUT2D eigenvalue weighted by molar-refractivity contribution is 7.89. The van der Waals surface area contributed by atoms with Gasteiger partial charge in [0.1, 0.15) is 11.3 Å².